The first-order valence-corrected chi connectivity index (χ1v) is 9.11. The van der Waals surface area contributed by atoms with Gasteiger partial charge in [0.1, 0.15) is 0 Å². The van der Waals surface area contributed by atoms with Gasteiger partial charge in [-0.1, -0.05) is 12.1 Å². The molecule has 0 radical (unpaired) electrons. The molecule has 2 rings (SSSR count). The molecule has 28 heavy (non-hydrogen) atoms. The van der Waals surface area contributed by atoms with Gasteiger partial charge in [0.25, 0.3) is 0 Å². The quantitative estimate of drug-likeness (QED) is 0.552. The average Bonchev–Trinajstić information content (AvgIpc) is 2.94. The fraction of sp³-hybridized carbons (Fsp3) is 0.364. The van der Waals surface area contributed by atoms with Crippen molar-refractivity contribution in [3.05, 3.63) is 57.4 Å². The van der Waals surface area contributed by atoms with E-state index in [0.717, 1.165) is 11.1 Å². The number of carbonyl (C=O) groups is 4. The molecule has 0 spiro atoms. The molecule has 1 aromatic heterocycles. The highest BCUT2D eigenvalue weighted by Crippen LogP contribution is 2.19. The number of benzene rings is 1. The highest BCUT2D eigenvalue weighted by atomic mass is 16.5. The summed E-state index contributed by atoms with van der Waals surface area (Å²) in [5.41, 5.74) is 4.57. The van der Waals surface area contributed by atoms with Gasteiger partial charge in [0.15, 0.2) is 18.2 Å². The Labute approximate surface area is 164 Å². The van der Waals surface area contributed by atoms with Crippen LogP contribution >= 0.6 is 0 Å². The number of hydrogen-bond donors (Lipinski definition) is 1. The van der Waals surface area contributed by atoms with E-state index in [4.69, 9.17) is 4.74 Å². The third-order valence-corrected chi connectivity index (χ3v) is 4.82. The molecule has 0 saturated heterocycles. The minimum Gasteiger partial charge on any atom is -0.457 e. The molecule has 0 fully saturated rings. The summed E-state index contributed by atoms with van der Waals surface area (Å²) < 4.78 is 5.01. The Morgan fingerprint density at radius 2 is 1.61 bits per heavy atom. The zero-order chi connectivity index (χ0) is 21.0. The second-order valence-corrected chi connectivity index (χ2v) is 6.99. The number of nitrogens with one attached hydrogen (secondary N) is 1. The van der Waals surface area contributed by atoms with Gasteiger partial charge in [-0.3, -0.25) is 19.2 Å². The third-order valence-electron chi connectivity index (χ3n) is 4.82. The van der Waals surface area contributed by atoms with Crippen LogP contribution in [0.4, 0.5) is 0 Å². The van der Waals surface area contributed by atoms with Crippen molar-refractivity contribution in [3.63, 3.8) is 0 Å². The largest absolute Gasteiger partial charge is 0.457 e. The molecule has 0 saturated carbocycles. The number of ether oxygens (including phenoxy) is 1. The smallest absolute Gasteiger partial charge is 0.306 e. The predicted octanol–water partition coefficient (Wildman–Crippen LogP) is 3.84. The minimum absolute atomic E-state index is 0.0185. The highest BCUT2D eigenvalue weighted by Gasteiger charge is 2.21. The molecule has 2 aromatic rings. The summed E-state index contributed by atoms with van der Waals surface area (Å²) in [5.74, 6) is -1.30. The number of carbonyl (C=O) groups excluding carboxylic acids is 4. The molecule has 0 aliphatic heterocycles. The van der Waals surface area contributed by atoms with Gasteiger partial charge in [-0.25, -0.2) is 0 Å². The van der Waals surface area contributed by atoms with E-state index >= 15 is 0 Å². The van der Waals surface area contributed by atoms with Crippen molar-refractivity contribution in [2.75, 3.05) is 6.61 Å². The van der Waals surface area contributed by atoms with Crippen molar-refractivity contribution in [1.82, 2.24) is 4.98 Å². The van der Waals surface area contributed by atoms with E-state index in [9.17, 15) is 19.2 Å². The van der Waals surface area contributed by atoms with E-state index < -0.39 is 18.4 Å². The number of aromatic amines is 1. The van der Waals surface area contributed by atoms with Crippen LogP contribution in [0.1, 0.15) is 73.4 Å². The van der Waals surface area contributed by atoms with Gasteiger partial charge in [0.2, 0.25) is 5.78 Å². The van der Waals surface area contributed by atoms with Crippen LogP contribution in [0.15, 0.2) is 18.2 Å². The molecule has 6 heteroatoms. The number of ketones is 3. The molecule has 0 atom stereocenters. The number of H-pyrrole nitrogens is 1. The predicted molar refractivity (Wildman–Crippen MR) is 105 cm³/mol. The minimum atomic E-state index is -0.613. The molecule has 0 bridgehead atoms. The van der Waals surface area contributed by atoms with E-state index in [1.807, 2.05) is 19.9 Å². The van der Waals surface area contributed by atoms with Crippen molar-refractivity contribution in [2.45, 2.75) is 47.5 Å². The van der Waals surface area contributed by atoms with Crippen molar-refractivity contribution in [2.24, 2.45) is 0 Å². The number of aryl methyl sites for hydroxylation is 3. The van der Waals surface area contributed by atoms with E-state index in [1.54, 1.807) is 26.0 Å². The van der Waals surface area contributed by atoms with Crippen LogP contribution in [0.25, 0.3) is 0 Å². The third kappa shape index (κ3) is 4.82. The van der Waals surface area contributed by atoms with Crippen molar-refractivity contribution in [3.8, 4) is 0 Å². The molecule has 0 amide bonds. The van der Waals surface area contributed by atoms with E-state index in [0.29, 0.717) is 22.4 Å². The zero-order valence-corrected chi connectivity index (χ0v) is 16.9. The van der Waals surface area contributed by atoms with Gasteiger partial charge in [-0.2, -0.15) is 0 Å². The maximum atomic E-state index is 12.3. The standard InChI is InChI=1S/C22H25NO5/c1-12-6-7-17(10-13(12)2)18(25)8-9-20(27)28-11-19(26)22-14(3)21(16(5)24)15(4)23-22/h6-7,10,23H,8-9,11H2,1-5H3. The van der Waals surface area contributed by atoms with Crippen LogP contribution < -0.4 is 0 Å². The lowest BCUT2D eigenvalue weighted by Crippen LogP contribution is -2.16. The summed E-state index contributed by atoms with van der Waals surface area (Å²) in [5, 5.41) is 0. The Balaban J connectivity index is 1.89. The van der Waals surface area contributed by atoms with Crippen LogP contribution in [0.5, 0.6) is 0 Å². The average molecular weight is 383 g/mol. The molecular formula is C22H25NO5. The van der Waals surface area contributed by atoms with Crippen molar-refractivity contribution >= 4 is 23.3 Å². The van der Waals surface area contributed by atoms with Gasteiger partial charge in [0.05, 0.1) is 12.1 Å². The second-order valence-electron chi connectivity index (χ2n) is 6.99. The molecule has 148 valence electrons. The lowest BCUT2D eigenvalue weighted by atomic mass is 10.0. The molecular weight excluding hydrogens is 358 g/mol. The Hall–Kier alpha value is -3.02. The molecule has 6 nitrogen and oxygen atoms in total. The van der Waals surface area contributed by atoms with Crippen LogP contribution in [-0.2, 0) is 9.53 Å². The van der Waals surface area contributed by atoms with Crippen LogP contribution in [0.3, 0.4) is 0 Å². The van der Waals surface area contributed by atoms with Crippen LogP contribution in [0.2, 0.25) is 0 Å². The van der Waals surface area contributed by atoms with Gasteiger partial charge >= 0.3 is 5.97 Å². The van der Waals surface area contributed by atoms with Crippen molar-refractivity contribution in [1.29, 1.82) is 0 Å². The molecule has 1 heterocycles. The fourth-order valence-electron chi connectivity index (χ4n) is 3.12. The molecule has 0 aliphatic rings. The summed E-state index contributed by atoms with van der Waals surface area (Å²) in [6.45, 7) is 8.28. The first-order valence-electron chi connectivity index (χ1n) is 9.11. The van der Waals surface area contributed by atoms with Gasteiger partial charge < -0.3 is 9.72 Å². The Morgan fingerprint density at radius 3 is 2.18 bits per heavy atom. The normalized spacial score (nSPS) is 10.6. The maximum absolute atomic E-state index is 12.3. The van der Waals surface area contributed by atoms with Crippen LogP contribution in [0, 0.1) is 27.7 Å². The Bertz CT molecular complexity index is 952. The summed E-state index contributed by atoms with van der Waals surface area (Å²) in [6, 6.07) is 5.41. The Morgan fingerprint density at radius 1 is 0.929 bits per heavy atom. The van der Waals surface area contributed by atoms with Gasteiger partial charge in [-0.05, 0) is 57.4 Å². The summed E-state index contributed by atoms with van der Waals surface area (Å²) in [6.07, 6.45) is -0.0783. The summed E-state index contributed by atoms with van der Waals surface area (Å²) in [4.78, 5) is 50.9. The fourth-order valence-corrected chi connectivity index (χ4v) is 3.12. The SMILES string of the molecule is CC(=O)c1c(C)[nH]c(C(=O)COC(=O)CCC(=O)c2ccc(C)c(C)c2)c1C. The second kappa shape index (κ2) is 8.78. The topological polar surface area (TPSA) is 93.3 Å². The highest BCUT2D eigenvalue weighted by molar-refractivity contribution is 6.04. The Kier molecular flexibility index (Phi) is 6.67. The summed E-state index contributed by atoms with van der Waals surface area (Å²) >= 11 is 0. The molecule has 1 N–H and O–H groups in total. The van der Waals surface area contributed by atoms with E-state index in [1.165, 1.54) is 6.92 Å². The van der Waals surface area contributed by atoms with E-state index in [2.05, 4.69) is 4.98 Å². The number of rotatable bonds is 8. The van der Waals surface area contributed by atoms with Crippen LogP contribution in [-0.4, -0.2) is 34.9 Å². The zero-order valence-electron chi connectivity index (χ0n) is 16.9. The first-order chi connectivity index (χ1) is 13.1. The monoisotopic (exact) mass is 383 g/mol. The van der Waals surface area contributed by atoms with Gasteiger partial charge in [-0.15, -0.1) is 0 Å². The molecule has 1 aromatic carbocycles. The molecule has 0 unspecified atom stereocenters. The van der Waals surface area contributed by atoms with E-state index in [-0.39, 0.29) is 30.1 Å². The number of hydrogen-bond acceptors (Lipinski definition) is 5. The number of aromatic nitrogens is 1. The summed E-state index contributed by atoms with van der Waals surface area (Å²) in [7, 11) is 0. The van der Waals surface area contributed by atoms with Gasteiger partial charge in [0, 0.05) is 23.2 Å². The maximum Gasteiger partial charge on any atom is 0.306 e. The lowest BCUT2D eigenvalue weighted by Gasteiger charge is -2.06. The number of Topliss-reactive ketones (excluding diaryl/α,β-unsaturated/α-hetero) is 3. The lowest BCUT2D eigenvalue weighted by molar-refractivity contribution is -0.142. The first kappa shape index (κ1) is 21.3. The van der Waals surface area contributed by atoms with Crippen molar-refractivity contribution < 1.29 is 23.9 Å². The molecule has 0 aliphatic carbocycles. The number of esters is 1.